The molecule has 0 aliphatic carbocycles. The van der Waals surface area contributed by atoms with Gasteiger partial charge in [-0.1, -0.05) is 48.5 Å². The molecule has 0 spiro atoms. The summed E-state index contributed by atoms with van der Waals surface area (Å²) in [4.78, 5) is 14.2. The fraction of sp³-hybridized carbons (Fsp3) is 0.188. The summed E-state index contributed by atoms with van der Waals surface area (Å²) in [6.45, 7) is 0.549. The number of fused-ring (bicyclic) bond motifs is 1. The van der Waals surface area contributed by atoms with Gasteiger partial charge in [-0.15, -0.1) is 0 Å². The summed E-state index contributed by atoms with van der Waals surface area (Å²) in [5.74, 6) is 0.000816. The topological polar surface area (TPSA) is 32.3 Å². The monoisotopic (exact) mass is 252 g/mol. The summed E-state index contributed by atoms with van der Waals surface area (Å²) >= 11 is 0. The van der Waals surface area contributed by atoms with Gasteiger partial charge in [0.2, 0.25) is 0 Å². The molecule has 1 heterocycles. The van der Waals surface area contributed by atoms with Crippen molar-refractivity contribution >= 4 is 5.91 Å². The average molecular weight is 252 g/mol. The first kappa shape index (κ1) is 11.9. The normalized spacial score (nSPS) is 19.4. The van der Waals surface area contributed by atoms with Crippen LogP contribution in [-0.4, -0.2) is 24.5 Å². The minimum Gasteiger partial charge on any atom is -0.339 e. The quantitative estimate of drug-likeness (QED) is 0.845. The number of rotatable bonds is 1. The van der Waals surface area contributed by atoms with Crippen molar-refractivity contribution < 1.29 is 4.79 Å². The van der Waals surface area contributed by atoms with Crippen molar-refractivity contribution in [3.8, 4) is 0 Å². The molecular weight excluding hydrogens is 236 g/mol. The van der Waals surface area contributed by atoms with Gasteiger partial charge in [-0.25, -0.2) is 0 Å². The Morgan fingerprint density at radius 1 is 1.05 bits per heavy atom. The Morgan fingerprint density at radius 3 is 2.53 bits per heavy atom. The number of carbonyl (C=O) groups excluding carboxylic acids is 1. The molecule has 1 atom stereocenters. The van der Waals surface area contributed by atoms with Gasteiger partial charge >= 0.3 is 0 Å². The van der Waals surface area contributed by atoms with Crippen LogP contribution in [0.2, 0.25) is 0 Å². The van der Waals surface area contributed by atoms with E-state index >= 15 is 0 Å². The summed E-state index contributed by atoms with van der Waals surface area (Å²) in [5.41, 5.74) is 3.03. The van der Waals surface area contributed by atoms with E-state index in [4.69, 9.17) is 0 Å². The molecule has 0 bridgehead atoms. The van der Waals surface area contributed by atoms with Crippen molar-refractivity contribution in [3.05, 3.63) is 71.3 Å². The van der Waals surface area contributed by atoms with Gasteiger partial charge in [0.05, 0.1) is 12.7 Å². The molecule has 96 valence electrons. The molecule has 3 nitrogen and oxygen atoms in total. The van der Waals surface area contributed by atoms with Gasteiger partial charge in [0, 0.05) is 5.56 Å². The van der Waals surface area contributed by atoms with E-state index in [1.165, 1.54) is 5.56 Å². The summed E-state index contributed by atoms with van der Waals surface area (Å²) in [7, 11) is 2.03. The van der Waals surface area contributed by atoms with Gasteiger partial charge in [0.25, 0.3) is 5.91 Å². The third kappa shape index (κ3) is 2.13. The van der Waals surface area contributed by atoms with Gasteiger partial charge in [0.1, 0.15) is 0 Å². The van der Waals surface area contributed by atoms with Gasteiger partial charge in [-0.05, 0) is 24.2 Å². The fourth-order valence-corrected chi connectivity index (χ4v) is 2.63. The van der Waals surface area contributed by atoms with Gasteiger partial charge < -0.3 is 5.32 Å². The van der Waals surface area contributed by atoms with Gasteiger partial charge in [-0.3, -0.25) is 9.69 Å². The zero-order valence-corrected chi connectivity index (χ0v) is 10.8. The second kappa shape index (κ2) is 4.86. The van der Waals surface area contributed by atoms with E-state index in [0.29, 0.717) is 6.67 Å². The first-order valence-corrected chi connectivity index (χ1v) is 6.39. The number of benzene rings is 2. The molecule has 3 heteroatoms. The Bertz CT molecular complexity index is 595. The van der Waals surface area contributed by atoms with Gasteiger partial charge in [-0.2, -0.15) is 0 Å². The smallest absolute Gasteiger partial charge is 0.252 e. The molecule has 1 unspecified atom stereocenters. The van der Waals surface area contributed by atoms with Crippen molar-refractivity contribution in [2.45, 2.75) is 6.04 Å². The molecular formula is C16H16N2O. The van der Waals surface area contributed by atoms with Crippen molar-refractivity contribution in [2.24, 2.45) is 0 Å². The predicted molar refractivity (Wildman–Crippen MR) is 74.8 cm³/mol. The van der Waals surface area contributed by atoms with Crippen LogP contribution in [-0.2, 0) is 0 Å². The fourth-order valence-electron chi connectivity index (χ4n) is 2.63. The number of nitrogens with one attached hydrogen (secondary N) is 1. The lowest BCUT2D eigenvalue weighted by molar-refractivity contribution is 0.0937. The van der Waals surface area contributed by atoms with Crippen LogP contribution >= 0.6 is 0 Å². The summed E-state index contributed by atoms with van der Waals surface area (Å²) in [5, 5.41) is 2.94. The largest absolute Gasteiger partial charge is 0.339 e. The molecule has 3 rings (SSSR count). The van der Waals surface area contributed by atoms with E-state index in [2.05, 4.69) is 22.3 Å². The number of hydrogen-bond donors (Lipinski definition) is 1. The lowest BCUT2D eigenvalue weighted by Gasteiger charge is -2.26. The maximum absolute atomic E-state index is 12.1. The van der Waals surface area contributed by atoms with Gasteiger partial charge in [0.15, 0.2) is 0 Å². The maximum Gasteiger partial charge on any atom is 0.252 e. The van der Waals surface area contributed by atoms with Crippen molar-refractivity contribution in [2.75, 3.05) is 13.7 Å². The molecule has 2 aromatic rings. The second-order valence-corrected chi connectivity index (χ2v) is 4.82. The van der Waals surface area contributed by atoms with Crippen LogP contribution in [0.3, 0.4) is 0 Å². The second-order valence-electron chi connectivity index (χ2n) is 4.82. The van der Waals surface area contributed by atoms with Crippen molar-refractivity contribution in [1.29, 1.82) is 0 Å². The molecule has 2 aromatic carbocycles. The summed E-state index contributed by atoms with van der Waals surface area (Å²) in [6, 6.07) is 18.2. The maximum atomic E-state index is 12.1. The molecule has 1 aliphatic heterocycles. The van der Waals surface area contributed by atoms with Crippen LogP contribution in [0.25, 0.3) is 0 Å². The Kier molecular flexibility index (Phi) is 3.05. The zero-order chi connectivity index (χ0) is 13.2. The van der Waals surface area contributed by atoms with Crippen LogP contribution in [0, 0.1) is 0 Å². The highest BCUT2D eigenvalue weighted by molar-refractivity contribution is 5.96. The first-order valence-electron chi connectivity index (χ1n) is 6.39. The number of hydrogen-bond acceptors (Lipinski definition) is 2. The molecule has 1 N–H and O–H groups in total. The molecule has 0 radical (unpaired) electrons. The third-order valence-electron chi connectivity index (χ3n) is 3.55. The standard InChI is InChI=1S/C16H16N2O/c1-18-11-17-16(19)14-10-6-5-9-13(14)15(18)12-7-3-2-4-8-12/h2-10,15H,11H2,1H3,(H,17,19). The molecule has 0 fully saturated rings. The third-order valence-corrected chi connectivity index (χ3v) is 3.55. The Hall–Kier alpha value is -2.13. The van der Waals surface area contributed by atoms with Crippen LogP contribution < -0.4 is 5.32 Å². The predicted octanol–water partition coefficient (Wildman–Crippen LogP) is 2.41. The zero-order valence-electron chi connectivity index (χ0n) is 10.8. The van der Waals surface area contributed by atoms with Crippen molar-refractivity contribution in [1.82, 2.24) is 10.2 Å². The Balaban J connectivity index is 2.16. The number of nitrogens with zero attached hydrogens (tertiary/aromatic N) is 1. The molecule has 19 heavy (non-hydrogen) atoms. The molecule has 1 aliphatic rings. The Labute approximate surface area is 112 Å². The van der Waals surface area contributed by atoms with E-state index < -0.39 is 0 Å². The van der Waals surface area contributed by atoms with E-state index in [0.717, 1.165) is 11.1 Å². The number of carbonyl (C=O) groups is 1. The van der Waals surface area contributed by atoms with Crippen molar-refractivity contribution in [3.63, 3.8) is 0 Å². The van der Waals surface area contributed by atoms with Crippen LogP contribution in [0.1, 0.15) is 27.5 Å². The summed E-state index contributed by atoms with van der Waals surface area (Å²) in [6.07, 6.45) is 0. The highest BCUT2D eigenvalue weighted by Gasteiger charge is 2.27. The van der Waals surface area contributed by atoms with E-state index in [1.54, 1.807) is 0 Å². The van der Waals surface area contributed by atoms with Crippen LogP contribution in [0.5, 0.6) is 0 Å². The highest BCUT2D eigenvalue weighted by atomic mass is 16.1. The molecule has 1 amide bonds. The minimum absolute atomic E-state index is 0.000816. The minimum atomic E-state index is 0.000816. The lowest BCUT2D eigenvalue weighted by Crippen LogP contribution is -2.33. The van der Waals surface area contributed by atoms with E-state index in [-0.39, 0.29) is 11.9 Å². The van der Waals surface area contributed by atoms with E-state index in [9.17, 15) is 4.79 Å². The number of amides is 1. The average Bonchev–Trinajstić information content (AvgIpc) is 2.58. The molecule has 0 saturated heterocycles. The van der Waals surface area contributed by atoms with E-state index in [1.807, 2.05) is 49.5 Å². The first-order chi connectivity index (χ1) is 9.27. The Morgan fingerprint density at radius 2 is 1.74 bits per heavy atom. The van der Waals surface area contributed by atoms with Crippen LogP contribution in [0.15, 0.2) is 54.6 Å². The summed E-state index contributed by atoms with van der Waals surface area (Å²) < 4.78 is 0. The molecule has 0 aromatic heterocycles. The van der Waals surface area contributed by atoms with Crippen LogP contribution in [0.4, 0.5) is 0 Å². The molecule has 0 saturated carbocycles. The lowest BCUT2D eigenvalue weighted by atomic mass is 9.94. The SMILES string of the molecule is CN1CNC(=O)c2ccccc2C1c1ccccc1. The highest BCUT2D eigenvalue weighted by Crippen LogP contribution is 2.31.